The summed E-state index contributed by atoms with van der Waals surface area (Å²) in [5.74, 6) is -0.465. The fraction of sp³-hybridized carbons (Fsp3) is 0.385. The zero-order valence-electron chi connectivity index (χ0n) is 10.2. The molecule has 4 nitrogen and oxygen atoms in total. The van der Waals surface area contributed by atoms with E-state index in [1.54, 1.807) is 0 Å². The van der Waals surface area contributed by atoms with Gasteiger partial charge in [0.2, 0.25) is 0 Å². The monoisotopic (exact) mass is 236 g/mol. The summed E-state index contributed by atoms with van der Waals surface area (Å²) in [6.45, 7) is 2.80. The number of carbonyl (C=O) groups is 2. The van der Waals surface area contributed by atoms with E-state index in [0.717, 1.165) is 5.56 Å². The van der Waals surface area contributed by atoms with Gasteiger partial charge in [0.25, 0.3) is 0 Å². The van der Waals surface area contributed by atoms with E-state index < -0.39 is 12.1 Å². The SMILES string of the molecule is CC(=O)OC(Cc1ccccc1)C([NH3+])C(C)=O. The Balaban J connectivity index is 2.77. The third kappa shape index (κ3) is 4.36. The molecule has 0 heterocycles. The van der Waals surface area contributed by atoms with Crippen LogP contribution in [0.25, 0.3) is 0 Å². The van der Waals surface area contributed by atoms with Crippen LogP contribution >= 0.6 is 0 Å². The van der Waals surface area contributed by atoms with Crippen molar-refractivity contribution in [3.63, 3.8) is 0 Å². The molecule has 0 aliphatic heterocycles. The lowest BCUT2D eigenvalue weighted by Gasteiger charge is -2.19. The Labute approximate surface area is 101 Å². The van der Waals surface area contributed by atoms with E-state index in [-0.39, 0.29) is 11.8 Å². The lowest BCUT2D eigenvalue weighted by Crippen LogP contribution is -2.70. The molecule has 4 heteroatoms. The van der Waals surface area contributed by atoms with E-state index in [2.05, 4.69) is 5.73 Å². The fourth-order valence-corrected chi connectivity index (χ4v) is 1.59. The van der Waals surface area contributed by atoms with Crippen molar-refractivity contribution in [2.45, 2.75) is 32.4 Å². The molecule has 3 N–H and O–H groups in total. The largest absolute Gasteiger partial charge is 0.455 e. The highest BCUT2D eigenvalue weighted by Gasteiger charge is 2.28. The molecule has 2 unspecified atom stereocenters. The Morgan fingerprint density at radius 3 is 2.29 bits per heavy atom. The van der Waals surface area contributed by atoms with Crippen LogP contribution in [0, 0.1) is 0 Å². The highest BCUT2D eigenvalue weighted by atomic mass is 16.5. The lowest BCUT2D eigenvalue weighted by molar-refractivity contribution is -0.419. The first-order valence-electron chi connectivity index (χ1n) is 5.55. The maximum absolute atomic E-state index is 11.3. The van der Waals surface area contributed by atoms with Gasteiger partial charge < -0.3 is 10.5 Å². The number of Topliss-reactive ketones (excluding diaryl/α,β-unsaturated/α-hetero) is 1. The second-order valence-electron chi connectivity index (χ2n) is 4.05. The molecule has 0 aromatic heterocycles. The molecule has 1 rings (SSSR count). The average molecular weight is 236 g/mol. The maximum Gasteiger partial charge on any atom is 0.303 e. The molecule has 0 saturated carbocycles. The summed E-state index contributed by atoms with van der Waals surface area (Å²) in [5.41, 5.74) is 4.78. The van der Waals surface area contributed by atoms with E-state index in [9.17, 15) is 9.59 Å². The molecule has 2 atom stereocenters. The molecule has 0 spiro atoms. The zero-order valence-corrected chi connectivity index (χ0v) is 10.2. The number of rotatable bonds is 5. The van der Waals surface area contributed by atoms with Crippen LogP contribution in [-0.4, -0.2) is 23.9 Å². The van der Waals surface area contributed by atoms with Crippen LogP contribution in [0.3, 0.4) is 0 Å². The number of ether oxygens (including phenoxy) is 1. The first-order valence-corrected chi connectivity index (χ1v) is 5.55. The fourth-order valence-electron chi connectivity index (χ4n) is 1.59. The second kappa shape index (κ2) is 6.15. The maximum atomic E-state index is 11.3. The number of esters is 1. The van der Waals surface area contributed by atoms with Crippen LogP contribution in [0.5, 0.6) is 0 Å². The van der Waals surface area contributed by atoms with Crippen LogP contribution in [0.1, 0.15) is 19.4 Å². The van der Waals surface area contributed by atoms with Gasteiger partial charge in [-0.1, -0.05) is 30.3 Å². The molecular weight excluding hydrogens is 218 g/mol. The molecule has 92 valence electrons. The highest BCUT2D eigenvalue weighted by Crippen LogP contribution is 2.08. The van der Waals surface area contributed by atoms with Gasteiger partial charge in [0.15, 0.2) is 17.9 Å². The van der Waals surface area contributed by atoms with Gasteiger partial charge in [0.1, 0.15) is 0 Å². The molecular formula is C13H18NO3+. The standard InChI is InChI=1S/C13H17NO3/c1-9(15)13(14)12(17-10(2)16)8-11-6-4-3-5-7-11/h3-7,12-13H,8,14H2,1-2H3/p+1. The molecule has 0 fully saturated rings. The van der Waals surface area contributed by atoms with Gasteiger partial charge in [-0.25, -0.2) is 0 Å². The van der Waals surface area contributed by atoms with Crippen LogP contribution < -0.4 is 5.73 Å². The van der Waals surface area contributed by atoms with E-state index >= 15 is 0 Å². The third-order valence-corrected chi connectivity index (χ3v) is 2.57. The number of hydrogen-bond acceptors (Lipinski definition) is 3. The molecule has 0 amide bonds. The summed E-state index contributed by atoms with van der Waals surface area (Å²) in [5, 5.41) is 0. The van der Waals surface area contributed by atoms with Crippen LogP contribution in [0.4, 0.5) is 0 Å². The van der Waals surface area contributed by atoms with Gasteiger partial charge in [0, 0.05) is 20.3 Å². The lowest BCUT2D eigenvalue weighted by atomic mass is 10.00. The van der Waals surface area contributed by atoms with Crippen LogP contribution in [0.15, 0.2) is 30.3 Å². The number of carbonyl (C=O) groups excluding carboxylic acids is 2. The summed E-state index contributed by atoms with van der Waals surface area (Å²) in [6, 6.07) is 9.07. The molecule has 0 aliphatic carbocycles. The molecule has 0 aliphatic rings. The van der Waals surface area contributed by atoms with Crippen molar-refractivity contribution < 1.29 is 20.1 Å². The second-order valence-corrected chi connectivity index (χ2v) is 4.05. The minimum absolute atomic E-state index is 0.0767. The summed E-state index contributed by atoms with van der Waals surface area (Å²) in [7, 11) is 0. The van der Waals surface area contributed by atoms with Gasteiger partial charge in [-0.3, -0.25) is 9.59 Å². The Kier molecular flexibility index (Phi) is 4.84. The van der Waals surface area contributed by atoms with E-state index in [1.165, 1.54) is 13.8 Å². The third-order valence-electron chi connectivity index (χ3n) is 2.57. The number of quaternary nitrogens is 1. The van der Waals surface area contributed by atoms with Gasteiger partial charge in [0.05, 0.1) is 0 Å². The molecule has 0 radical (unpaired) electrons. The Morgan fingerprint density at radius 1 is 1.24 bits per heavy atom. The van der Waals surface area contributed by atoms with Crippen molar-refractivity contribution in [3.8, 4) is 0 Å². The Hall–Kier alpha value is -1.68. The minimum Gasteiger partial charge on any atom is -0.455 e. The summed E-state index contributed by atoms with van der Waals surface area (Å²) in [4.78, 5) is 22.3. The number of ketones is 1. The van der Waals surface area contributed by atoms with Crippen LogP contribution in [0.2, 0.25) is 0 Å². The normalized spacial score (nSPS) is 13.8. The Bertz CT molecular complexity index is 389. The smallest absolute Gasteiger partial charge is 0.303 e. The predicted molar refractivity (Wildman–Crippen MR) is 63.1 cm³/mol. The number of hydrogen-bond donors (Lipinski definition) is 1. The summed E-state index contributed by atoms with van der Waals surface area (Å²) < 4.78 is 5.16. The zero-order chi connectivity index (χ0) is 12.8. The highest BCUT2D eigenvalue weighted by molar-refractivity contribution is 5.81. The first-order chi connectivity index (χ1) is 8.00. The predicted octanol–water partition coefficient (Wildman–Crippen LogP) is 0.360. The topological polar surface area (TPSA) is 71.0 Å². The molecule has 0 saturated heterocycles. The summed E-state index contributed by atoms with van der Waals surface area (Å²) in [6.07, 6.45) is 0.0150. The van der Waals surface area contributed by atoms with E-state index in [1.807, 2.05) is 30.3 Å². The van der Waals surface area contributed by atoms with Gasteiger partial charge >= 0.3 is 5.97 Å². The molecule has 0 bridgehead atoms. The molecule has 1 aromatic rings. The summed E-state index contributed by atoms with van der Waals surface area (Å²) >= 11 is 0. The van der Waals surface area contributed by atoms with Crippen molar-refractivity contribution in [3.05, 3.63) is 35.9 Å². The van der Waals surface area contributed by atoms with E-state index in [4.69, 9.17) is 4.74 Å². The Morgan fingerprint density at radius 2 is 1.82 bits per heavy atom. The van der Waals surface area contributed by atoms with Gasteiger partial charge in [-0.05, 0) is 5.56 Å². The average Bonchev–Trinajstić information content (AvgIpc) is 2.28. The van der Waals surface area contributed by atoms with E-state index in [0.29, 0.717) is 6.42 Å². The van der Waals surface area contributed by atoms with Crippen molar-refractivity contribution >= 4 is 11.8 Å². The minimum atomic E-state index is -0.529. The molecule has 1 aromatic carbocycles. The van der Waals surface area contributed by atoms with Gasteiger partial charge in [-0.2, -0.15) is 0 Å². The quantitative estimate of drug-likeness (QED) is 0.750. The van der Waals surface area contributed by atoms with Crippen molar-refractivity contribution in [2.75, 3.05) is 0 Å². The van der Waals surface area contributed by atoms with Crippen molar-refractivity contribution in [2.24, 2.45) is 0 Å². The van der Waals surface area contributed by atoms with Crippen molar-refractivity contribution in [1.82, 2.24) is 0 Å². The number of benzene rings is 1. The van der Waals surface area contributed by atoms with Crippen molar-refractivity contribution in [1.29, 1.82) is 0 Å². The van der Waals surface area contributed by atoms with Crippen LogP contribution in [-0.2, 0) is 20.7 Å². The first kappa shape index (κ1) is 13.4. The molecule has 17 heavy (non-hydrogen) atoms. The van der Waals surface area contributed by atoms with Gasteiger partial charge in [-0.15, -0.1) is 0 Å².